The third kappa shape index (κ3) is 5.64. The summed E-state index contributed by atoms with van der Waals surface area (Å²) in [5.74, 6) is 1.84. The van der Waals surface area contributed by atoms with Crippen molar-refractivity contribution in [3.63, 3.8) is 0 Å². The molecule has 21 heavy (non-hydrogen) atoms. The zero-order chi connectivity index (χ0) is 14.9. The lowest BCUT2D eigenvalue weighted by molar-refractivity contribution is -0.118. The van der Waals surface area contributed by atoms with Gasteiger partial charge in [0.1, 0.15) is 0 Å². The Morgan fingerprint density at radius 1 is 1.05 bits per heavy atom. The van der Waals surface area contributed by atoms with Crippen LogP contribution in [0.2, 0.25) is 0 Å². The molecule has 0 saturated heterocycles. The van der Waals surface area contributed by atoms with E-state index in [0.717, 1.165) is 5.75 Å². The molecule has 0 radical (unpaired) electrons. The van der Waals surface area contributed by atoms with E-state index in [1.165, 1.54) is 11.1 Å². The maximum Gasteiger partial charge on any atom is 0.230 e. The van der Waals surface area contributed by atoms with Crippen LogP contribution >= 0.6 is 11.8 Å². The van der Waals surface area contributed by atoms with Crippen LogP contribution in [0.3, 0.4) is 0 Å². The summed E-state index contributed by atoms with van der Waals surface area (Å²) in [5.41, 5.74) is 2.52. The summed E-state index contributed by atoms with van der Waals surface area (Å²) in [6.45, 7) is 2.82. The number of hydrogen-bond donors (Lipinski definition) is 1. The van der Waals surface area contributed by atoms with E-state index in [1.807, 2.05) is 36.4 Å². The molecule has 0 aliphatic heterocycles. The summed E-state index contributed by atoms with van der Waals surface area (Å²) in [6.07, 6.45) is 0. The van der Waals surface area contributed by atoms with Gasteiger partial charge < -0.3 is 5.32 Å². The number of carbonyl (C=O) groups excluding carboxylic acids is 1. The van der Waals surface area contributed by atoms with Gasteiger partial charge in [0.05, 0.1) is 5.75 Å². The van der Waals surface area contributed by atoms with Crippen LogP contribution in [-0.2, 0) is 10.5 Å². The number of amides is 1. The predicted molar refractivity (Wildman–Crippen MR) is 90.5 cm³/mol. The van der Waals surface area contributed by atoms with Gasteiger partial charge in [0.2, 0.25) is 5.91 Å². The first-order valence-corrected chi connectivity index (χ1v) is 8.34. The van der Waals surface area contributed by atoms with Gasteiger partial charge in [-0.2, -0.15) is 0 Å². The van der Waals surface area contributed by atoms with Crippen molar-refractivity contribution in [3.8, 4) is 0 Å². The molecule has 0 aliphatic carbocycles. The number of nitrogens with one attached hydrogen (secondary N) is 1. The second kappa shape index (κ2) is 8.53. The molecule has 0 fully saturated rings. The van der Waals surface area contributed by atoms with Crippen molar-refractivity contribution in [2.75, 3.05) is 12.3 Å². The van der Waals surface area contributed by atoms with Crippen LogP contribution in [-0.4, -0.2) is 18.2 Å². The highest BCUT2D eigenvalue weighted by molar-refractivity contribution is 7.99. The number of hydrogen-bond acceptors (Lipinski definition) is 2. The maximum atomic E-state index is 11.8. The first kappa shape index (κ1) is 15.6. The molecule has 0 spiro atoms. The van der Waals surface area contributed by atoms with E-state index in [-0.39, 0.29) is 5.91 Å². The summed E-state index contributed by atoms with van der Waals surface area (Å²) in [7, 11) is 0. The van der Waals surface area contributed by atoms with E-state index in [0.29, 0.717) is 18.2 Å². The van der Waals surface area contributed by atoms with Gasteiger partial charge >= 0.3 is 0 Å². The van der Waals surface area contributed by atoms with E-state index >= 15 is 0 Å². The minimum absolute atomic E-state index is 0.110. The van der Waals surface area contributed by atoms with Crippen LogP contribution in [0.15, 0.2) is 60.7 Å². The standard InChI is InChI=1S/C18H21NOS/c1-15(17-10-6-3-7-11-17)12-19-18(20)14-21-13-16-8-4-2-5-9-16/h2-11,15H,12-14H2,1H3,(H,19,20)/t15-/m0/s1. The Hall–Kier alpha value is -1.74. The summed E-state index contributed by atoms with van der Waals surface area (Å²) < 4.78 is 0. The Morgan fingerprint density at radius 2 is 1.67 bits per heavy atom. The number of thioether (sulfide) groups is 1. The van der Waals surface area contributed by atoms with Crippen LogP contribution in [0, 0.1) is 0 Å². The van der Waals surface area contributed by atoms with E-state index < -0.39 is 0 Å². The Balaban J connectivity index is 1.66. The van der Waals surface area contributed by atoms with Gasteiger partial charge in [-0.25, -0.2) is 0 Å². The molecule has 2 aromatic rings. The molecule has 3 heteroatoms. The number of carbonyl (C=O) groups is 1. The topological polar surface area (TPSA) is 29.1 Å². The molecule has 0 aromatic heterocycles. The zero-order valence-electron chi connectivity index (χ0n) is 12.3. The second-order valence-corrected chi connectivity index (χ2v) is 6.08. The van der Waals surface area contributed by atoms with Crippen molar-refractivity contribution < 1.29 is 4.79 Å². The average molecular weight is 299 g/mol. The smallest absolute Gasteiger partial charge is 0.230 e. The van der Waals surface area contributed by atoms with E-state index in [2.05, 4.69) is 36.5 Å². The monoisotopic (exact) mass is 299 g/mol. The average Bonchev–Trinajstić information content (AvgIpc) is 2.54. The van der Waals surface area contributed by atoms with Gasteiger partial charge in [-0.15, -0.1) is 11.8 Å². The molecule has 1 atom stereocenters. The lowest BCUT2D eigenvalue weighted by Gasteiger charge is -2.13. The van der Waals surface area contributed by atoms with E-state index in [1.54, 1.807) is 11.8 Å². The molecule has 0 unspecified atom stereocenters. The molecule has 0 aliphatic rings. The number of benzene rings is 2. The Morgan fingerprint density at radius 3 is 2.33 bits per heavy atom. The Labute approximate surface area is 131 Å². The normalized spacial score (nSPS) is 11.9. The predicted octanol–water partition coefficient (Wildman–Crippen LogP) is 3.84. The molecular weight excluding hydrogens is 278 g/mol. The molecule has 0 bridgehead atoms. The van der Waals surface area contributed by atoms with Gasteiger partial charge in [-0.3, -0.25) is 4.79 Å². The van der Waals surface area contributed by atoms with E-state index in [4.69, 9.17) is 0 Å². The fraction of sp³-hybridized carbons (Fsp3) is 0.278. The Bertz CT molecular complexity index is 542. The maximum absolute atomic E-state index is 11.8. The van der Waals surface area contributed by atoms with Crippen LogP contribution in [0.25, 0.3) is 0 Å². The lowest BCUT2D eigenvalue weighted by atomic mass is 10.0. The minimum Gasteiger partial charge on any atom is -0.355 e. The molecule has 2 nitrogen and oxygen atoms in total. The van der Waals surface area contributed by atoms with Crippen molar-refractivity contribution in [2.45, 2.75) is 18.6 Å². The van der Waals surface area contributed by atoms with Crippen molar-refractivity contribution in [2.24, 2.45) is 0 Å². The fourth-order valence-corrected chi connectivity index (χ4v) is 2.87. The van der Waals surface area contributed by atoms with Crippen molar-refractivity contribution in [1.82, 2.24) is 5.32 Å². The highest BCUT2D eigenvalue weighted by Crippen LogP contribution is 2.14. The molecule has 1 N–H and O–H groups in total. The molecule has 1 amide bonds. The SMILES string of the molecule is C[C@@H](CNC(=O)CSCc1ccccc1)c1ccccc1. The molecule has 0 saturated carbocycles. The van der Waals surface area contributed by atoms with Gasteiger partial charge in [0, 0.05) is 12.3 Å². The summed E-state index contributed by atoms with van der Waals surface area (Å²) in [5, 5.41) is 3.01. The van der Waals surface area contributed by atoms with Gasteiger partial charge in [0.25, 0.3) is 0 Å². The van der Waals surface area contributed by atoms with E-state index in [9.17, 15) is 4.79 Å². The molecule has 0 heterocycles. The first-order valence-electron chi connectivity index (χ1n) is 7.19. The molecule has 2 aromatic carbocycles. The molecule has 2 rings (SSSR count). The van der Waals surface area contributed by atoms with Crippen LogP contribution in [0.4, 0.5) is 0 Å². The van der Waals surface area contributed by atoms with Crippen LogP contribution in [0.5, 0.6) is 0 Å². The largest absolute Gasteiger partial charge is 0.355 e. The third-order valence-corrected chi connectivity index (χ3v) is 4.32. The number of rotatable bonds is 7. The van der Waals surface area contributed by atoms with Crippen molar-refractivity contribution >= 4 is 17.7 Å². The summed E-state index contributed by atoms with van der Waals surface area (Å²) in [4.78, 5) is 11.8. The fourth-order valence-electron chi connectivity index (χ4n) is 2.05. The summed E-state index contributed by atoms with van der Waals surface area (Å²) >= 11 is 1.65. The quantitative estimate of drug-likeness (QED) is 0.841. The van der Waals surface area contributed by atoms with Crippen LogP contribution < -0.4 is 5.32 Å². The van der Waals surface area contributed by atoms with Crippen molar-refractivity contribution in [3.05, 3.63) is 71.8 Å². The molecule has 110 valence electrons. The van der Waals surface area contributed by atoms with Gasteiger partial charge in [-0.05, 0) is 17.0 Å². The molecular formula is C18H21NOS. The third-order valence-electron chi connectivity index (χ3n) is 3.32. The lowest BCUT2D eigenvalue weighted by Crippen LogP contribution is -2.29. The highest BCUT2D eigenvalue weighted by atomic mass is 32.2. The van der Waals surface area contributed by atoms with Crippen molar-refractivity contribution in [1.29, 1.82) is 0 Å². The zero-order valence-corrected chi connectivity index (χ0v) is 13.1. The summed E-state index contributed by atoms with van der Waals surface area (Å²) in [6, 6.07) is 20.5. The first-order chi connectivity index (χ1) is 10.3. The van der Waals surface area contributed by atoms with Crippen LogP contribution in [0.1, 0.15) is 24.0 Å². The van der Waals surface area contributed by atoms with Gasteiger partial charge in [-0.1, -0.05) is 67.6 Å². The minimum atomic E-state index is 0.110. The second-order valence-electron chi connectivity index (χ2n) is 5.09. The highest BCUT2D eigenvalue weighted by Gasteiger charge is 2.07. The van der Waals surface area contributed by atoms with Gasteiger partial charge in [0.15, 0.2) is 0 Å². The Kier molecular flexibility index (Phi) is 6.35.